The Bertz CT molecular complexity index is 2110. The van der Waals surface area contributed by atoms with Gasteiger partial charge in [-0.05, 0) is 82.8 Å². The molecule has 4 N–H and O–H groups in total. The zero-order valence-electron chi connectivity index (χ0n) is 34.6. The van der Waals surface area contributed by atoms with Gasteiger partial charge in [0.2, 0.25) is 10.0 Å². The fraction of sp³-hybridized carbons (Fsp3) is 0.585. The second kappa shape index (κ2) is 19.2. The monoisotopic (exact) mass is 860 g/mol. The normalized spacial score (nSPS) is 20.7. The van der Waals surface area contributed by atoms with Gasteiger partial charge in [0.1, 0.15) is 34.7 Å². The topological polar surface area (TPSA) is 187 Å². The summed E-state index contributed by atoms with van der Waals surface area (Å²) < 4.78 is 74.1. The molecule has 2 aliphatic heterocycles. The van der Waals surface area contributed by atoms with E-state index in [1.807, 2.05) is 26.2 Å². The lowest BCUT2D eigenvalue weighted by molar-refractivity contribution is -0.0908. The maximum atomic E-state index is 15.4. The predicted molar refractivity (Wildman–Crippen MR) is 222 cm³/mol. The largest absolute Gasteiger partial charge is 0.486 e. The number of nitrogens with zero attached hydrogens (tertiary/aromatic N) is 3. The summed E-state index contributed by atoms with van der Waals surface area (Å²) in [7, 11) is -4.43. The number of aliphatic hydroxyl groups excluding tert-OH is 1. The van der Waals surface area contributed by atoms with Gasteiger partial charge in [0.15, 0.2) is 11.9 Å². The Labute approximate surface area is 349 Å². The molecule has 0 saturated carbocycles. The van der Waals surface area contributed by atoms with E-state index in [4.69, 9.17) is 23.4 Å². The quantitative estimate of drug-likeness (QED) is 0.0853. The first kappa shape index (κ1) is 44.6. The molecule has 0 bridgehead atoms. The summed E-state index contributed by atoms with van der Waals surface area (Å²) in [5, 5.41) is 24.1. The summed E-state index contributed by atoms with van der Waals surface area (Å²) in [6, 6.07) is 10.4. The summed E-state index contributed by atoms with van der Waals surface area (Å²) in [4.78, 5) is 22.4. The number of hydrogen-bond acceptors (Lipinski definition) is 14. The van der Waals surface area contributed by atoms with Crippen LogP contribution in [0.2, 0.25) is 0 Å². The van der Waals surface area contributed by atoms with Crippen molar-refractivity contribution in [3.8, 4) is 5.75 Å². The molecule has 2 aromatic heterocycles. The van der Waals surface area contributed by atoms with Gasteiger partial charge in [-0.2, -0.15) is 9.29 Å². The Kier molecular flexibility index (Phi) is 14.5. The number of halogens is 1. The molecule has 59 heavy (non-hydrogen) atoms. The number of fused-ring (bicyclic) bond motifs is 2. The van der Waals surface area contributed by atoms with Crippen LogP contribution in [-0.2, 0) is 43.7 Å². The number of thiazole rings is 1. The lowest BCUT2D eigenvalue weighted by Crippen LogP contribution is -2.53. The van der Waals surface area contributed by atoms with Crippen molar-refractivity contribution in [2.75, 3.05) is 38.2 Å². The molecular weight excluding hydrogens is 804 g/mol. The molecule has 0 radical (unpaired) electrons. The molecular formula is C41H57FN6O9S2. The minimum Gasteiger partial charge on any atom is -0.486 e. The van der Waals surface area contributed by atoms with Gasteiger partial charge in [-0.25, -0.2) is 22.6 Å². The van der Waals surface area contributed by atoms with Crippen LogP contribution in [0.3, 0.4) is 0 Å². The fourth-order valence-corrected chi connectivity index (χ4v) is 9.44. The van der Waals surface area contributed by atoms with Crippen LogP contribution < -0.4 is 20.7 Å². The Balaban J connectivity index is 1.22. The summed E-state index contributed by atoms with van der Waals surface area (Å²) in [5.74, 6) is 0.741. The number of rotatable bonds is 20. The number of hydrogen-bond donors (Lipinski definition) is 4. The molecule has 2 saturated heterocycles. The lowest BCUT2D eigenvalue weighted by atomic mass is 9.97. The molecule has 2 aromatic carbocycles. The van der Waals surface area contributed by atoms with E-state index in [1.54, 1.807) is 24.3 Å². The Hall–Kier alpha value is -3.91. The SMILES string of the molecule is CCc1csc(COc2ccc(C[C@H](NC(=O)O[C@H]3CO[C@H]4OC[C@H](NCC(C)C)[C@H]43)[C@H](O)CN(CC(C)(C)F)S(=O)(=O)c3ccc4nc(NC(C)C)oc4c3)cc2)n1. The first-order valence-electron chi connectivity index (χ1n) is 20.1. The van der Waals surface area contributed by atoms with Crippen LogP contribution in [0.25, 0.3) is 11.1 Å². The number of anilines is 1. The molecule has 6 rings (SSSR count). The van der Waals surface area contributed by atoms with Crippen LogP contribution >= 0.6 is 11.3 Å². The summed E-state index contributed by atoms with van der Waals surface area (Å²) in [5.41, 5.74) is 0.368. The first-order chi connectivity index (χ1) is 28.0. The molecule has 15 nitrogen and oxygen atoms in total. The van der Waals surface area contributed by atoms with Gasteiger partial charge in [0, 0.05) is 36.6 Å². The Morgan fingerprint density at radius 1 is 1.10 bits per heavy atom. The molecule has 2 fully saturated rings. The fourth-order valence-electron chi connectivity index (χ4n) is 7.03. The molecule has 0 spiro atoms. The zero-order valence-corrected chi connectivity index (χ0v) is 36.3. The van der Waals surface area contributed by atoms with Gasteiger partial charge in [0.05, 0.1) is 41.9 Å². The molecule has 1 amide bonds. The number of benzene rings is 2. The van der Waals surface area contributed by atoms with Crippen molar-refractivity contribution < 1.29 is 46.1 Å². The van der Waals surface area contributed by atoms with E-state index in [2.05, 4.69) is 39.8 Å². The van der Waals surface area contributed by atoms with Crippen molar-refractivity contribution in [3.05, 3.63) is 64.1 Å². The van der Waals surface area contributed by atoms with Crippen molar-refractivity contribution in [1.29, 1.82) is 0 Å². The molecule has 0 unspecified atom stereocenters. The van der Waals surface area contributed by atoms with E-state index < -0.39 is 59.4 Å². The smallest absolute Gasteiger partial charge is 0.407 e. The van der Waals surface area contributed by atoms with Crippen LogP contribution in [0.4, 0.5) is 15.2 Å². The number of nitrogens with one attached hydrogen (secondary N) is 3. The number of aromatic nitrogens is 2. The number of alkyl halides is 1. The first-order valence-corrected chi connectivity index (χ1v) is 22.4. The average molecular weight is 861 g/mol. The number of oxazole rings is 1. The maximum Gasteiger partial charge on any atom is 0.407 e. The van der Waals surface area contributed by atoms with Crippen molar-refractivity contribution in [1.82, 2.24) is 24.9 Å². The Morgan fingerprint density at radius 2 is 1.85 bits per heavy atom. The summed E-state index contributed by atoms with van der Waals surface area (Å²) in [6.07, 6.45) is -2.60. The standard InChI is InChI=1S/C41H57FN6O9S2/c1-8-27-22-58-36(45-27)21-53-28-11-9-26(10-12-28)15-31(47-40(50)57-35-20-55-38-37(35)32(19-54-38)43-17-24(2)3)33(49)18-48(23-41(6,7)42)59(51,52)29-13-14-30-34(16-29)56-39(46-30)44-25(4)5/h9-14,16,22,24-25,31-33,35,37-38,43,49H,8,15,17-21,23H2,1-7H3,(H,44,46)(H,47,50)/t31-,32-,33+,35-,37-,38+/m0/s1. The minimum absolute atomic E-state index is 0.0204. The Morgan fingerprint density at radius 3 is 2.53 bits per heavy atom. The van der Waals surface area contributed by atoms with Gasteiger partial charge < -0.3 is 44.4 Å². The van der Waals surface area contributed by atoms with Crippen molar-refractivity contribution in [2.24, 2.45) is 11.8 Å². The highest BCUT2D eigenvalue weighted by atomic mass is 32.2. The van der Waals surface area contributed by atoms with E-state index in [-0.39, 0.29) is 47.5 Å². The highest BCUT2D eigenvalue weighted by Crippen LogP contribution is 2.34. The van der Waals surface area contributed by atoms with Crippen LogP contribution in [0.1, 0.15) is 64.7 Å². The second-order valence-electron chi connectivity index (χ2n) is 16.5. The van der Waals surface area contributed by atoms with Gasteiger partial charge >= 0.3 is 6.09 Å². The number of ether oxygens (including phenoxy) is 4. The molecule has 18 heteroatoms. The number of aliphatic hydroxyl groups is 1. The van der Waals surface area contributed by atoms with Crippen molar-refractivity contribution in [3.63, 3.8) is 0 Å². The maximum absolute atomic E-state index is 15.4. The minimum atomic E-state index is -4.43. The van der Waals surface area contributed by atoms with E-state index in [0.717, 1.165) is 28.0 Å². The summed E-state index contributed by atoms with van der Waals surface area (Å²) >= 11 is 1.53. The summed E-state index contributed by atoms with van der Waals surface area (Å²) in [6.45, 7) is 13.0. The van der Waals surface area contributed by atoms with E-state index in [0.29, 0.717) is 36.0 Å². The van der Waals surface area contributed by atoms with Gasteiger partial charge in [-0.3, -0.25) is 0 Å². The van der Waals surface area contributed by atoms with Gasteiger partial charge in [-0.15, -0.1) is 11.3 Å². The molecule has 324 valence electrons. The number of sulfonamides is 1. The number of carbonyl (C=O) groups excluding carboxylic acids is 1. The average Bonchev–Trinajstić information content (AvgIpc) is 3.97. The second-order valence-corrected chi connectivity index (χ2v) is 19.4. The van der Waals surface area contributed by atoms with E-state index in [1.165, 1.54) is 43.4 Å². The lowest BCUT2D eigenvalue weighted by Gasteiger charge is -2.32. The van der Waals surface area contributed by atoms with E-state index in [9.17, 15) is 18.3 Å². The van der Waals surface area contributed by atoms with Crippen LogP contribution in [0, 0.1) is 11.8 Å². The van der Waals surface area contributed by atoms with E-state index >= 15 is 4.39 Å². The number of amides is 1. The number of aryl methyl sites for hydroxylation is 1. The van der Waals surface area contributed by atoms with Gasteiger partial charge in [0.25, 0.3) is 6.01 Å². The third kappa shape index (κ3) is 11.9. The zero-order chi connectivity index (χ0) is 42.5. The van der Waals surface area contributed by atoms with Gasteiger partial charge in [-0.1, -0.05) is 32.9 Å². The third-order valence-electron chi connectivity index (χ3n) is 9.94. The highest BCUT2D eigenvalue weighted by Gasteiger charge is 2.50. The number of carbonyl (C=O) groups is 1. The van der Waals surface area contributed by atoms with Crippen molar-refractivity contribution >= 4 is 44.6 Å². The number of alkyl carbamates (subject to hydrolysis) is 1. The highest BCUT2D eigenvalue weighted by molar-refractivity contribution is 7.89. The molecule has 0 aliphatic carbocycles. The van der Waals surface area contributed by atoms with Crippen LogP contribution in [0.5, 0.6) is 5.75 Å². The van der Waals surface area contributed by atoms with Crippen molar-refractivity contribution in [2.45, 2.75) is 115 Å². The molecule has 4 aromatic rings. The third-order valence-corrected chi connectivity index (χ3v) is 12.6. The van der Waals surface area contributed by atoms with Crippen LogP contribution in [-0.4, -0.2) is 109 Å². The molecule has 2 aliphatic rings. The molecule has 4 heterocycles. The predicted octanol–water partition coefficient (Wildman–Crippen LogP) is 5.67. The molecule has 6 atom stereocenters. The van der Waals surface area contributed by atoms with Crippen LogP contribution in [0.15, 0.2) is 57.2 Å².